The number of halogens is 3. The molecule has 25 heavy (non-hydrogen) atoms. The highest BCUT2D eigenvalue weighted by Gasteiger charge is 2.41. The molecule has 0 unspecified atom stereocenters. The van der Waals surface area contributed by atoms with E-state index in [1.54, 1.807) is 12.0 Å². The van der Waals surface area contributed by atoms with Crippen molar-refractivity contribution in [3.05, 3.63) is 52.9 Å². The van der Waals surface area contributed by atoms with Gasteiger partial charge < -0.3 is 14.4 Å². The van der Waals surface area contributed by atoms with Gasteiger partial charge in [-0.25, -0.2) is 0 Å². The van der Waals surface area contributed by atoms with Crippen molar-refractivity contribution in [1.82, 2.24) is 10.3 Å². The van der Waals surface area contributed by atoms with Crippen molar-refractivity contribution >= 4 is 6.21 Å². The van der Waals surface area contributed by atoms with E-state index < -0.39 is 11.7 Å². The fourth-order valence-corrected chi connectivity index (χ4v) is 2.88. The molecule has 0 saturated carbocycles. The summed E-state index contributed by atoms with van der Waals surface area (Å²) in [4.78, 5) is 1.64. The lowest BCUT2D eigenvalue weighted by atomic mass is 10.1. The number of allylic oxidation sites excluding steroid dienone is 2. The van der Waals surface area contributed by atoms with Gasteiger partial charge in [0.25, 0.3) is 0 Å². The molecular formula is C17H18F3N3O2. The number of methoxy groups -OCH3 is 1. The molecule has 3 rings (SSSR count). The largest absolute Gasteiger partial charge is 0.491 e. The van der Waals surface area contributed by atoms with E-state index >= 15 is 0 Å². The summed E-state index contributed by atoms with van der Waals surface area (Å²) in [5.41, 5.74) is 3.18. The summed E-state index contributed by atoms with van der Waals surface area (Å²) >= 11 is 0. The minimum Gasteiger partial charge on any atom is -0.491 e. The zero-order valence-electron chi connectivity index (χ0n) is 13.7. The normalized spacial score (nSPS) is 17.0. The Bertz CT molecular complexity index is 741. The first-order valence-corrected chi connectivity index (χ1v) is 7.68. The van der Waals surface area contributed by atoms with Gasteiger partial charge in [0.1, 0.15) is 17.9 Å². The lowest BCUT2D eigenvalue weighted by molar-refractivity contribution is -0.0916. The number of nitrogens with one attached hydrogen (secondary N) is 1. The number of hydrogen-bond donors (Lipinski definition) is 1. The third kappa shape index (κ3) is 3.63. The molecule has 0 spiro atoms. The first kappa shape index (κ1) is 17.3. The molecule has 8 heteroatoms. The third-order valence-corrected chi connectivity index (χ3v) is 4.02. The number of nitrogens with zero attached hydrogens (tertiary/aromatic N) is 2. The molecule has 0 bridgehead atoms. The van der Waals surface area contributed by atoms with Crippen LogP contribution in [0.3, 0.4) is 0 Å². The van der Waals surface area contributed by atoms with Gasteiger partial charge in [-0.15, -0.1) is 0 Å². The Morgan fingerprint density at radius 3 is 2.72 bits per heavy atom. The molecule has 1 aromatic rings. The van der Waals surface area contributed by atoms with Gasteiger partial charge in [0.05, 0.1) is 24.2 Å². The van der Waals surface area contributed by atoms with Crippen LogP contribution in [0.15, 0.2) is 46.8 Å². The van der Waals surface area contributed by atoms with Crippen molar-refractivity contribution in [3.8, 4) is 5.75 Å². The number of fused-ring (bicyclic) bond motifs is 1. The van der Waals surface area contributed by atoms with Crippen LogP contribution in [0.4, 0.5) is 13.2 Å². The summed E-state index contributed by atoms with van der Waals surface area (Å²) in [6, 6.07) is 5.54. The van der Waals surface area contributed by atoms with Crippen LogP contribution in [-0.4, -0.2) is 37.6 Å². The van der Waals surface area contributed by atoms with Crippen LogP contribution in [0.5, 0.6) is 5.75 Å². The average Bonchev–Trinajstić information content (AvgIpc) is 2.97. The highest BCUT2D eigenvalue weighted by atomic mass is 19.4. The molecule has 0 amide bonds. The maximum absolute atomic E-state index is 13.4. The Morgan fingerprint density at radius 1 is 1.24 bits per heavy atom. The monoisotopic (exact) mass is 353 g/mol. The standard InChI is InChI=1S/C17H18F3N3O2/c1-11-16(17(18,19)20)15(8-21-22-11)23-9-12-3-4-14(7-13(12)10-23)25-6-5-24-2/h3-4,7-8,22H,1,5-6,9-10H2,2H3. The number of hydrogen-bond acceptors (Lipinski definition) is 5. The number of alkyl halides is 3. The SMILES string of the molecule is C=C1NN=CC(N2Cc3ccc(OCCOC)cc3C2)=C1C(F)(F)F. The lowest BCUT2D eigenvalue weighted by Gasteiger charge is -2.27. The maximum atomic E-state index is 13.4. The Kier molecular flexibility index (Phi) is 4.71. The Hall–Kier alpha value is -2.48. The van der Waals surface area contributed by atoms with Crippen LogP contribution < -0.4 is 10.2 Å². The molecule has 0 atom stereocenters. The highest BCUT2D eigenvalue weighted by Crippen LogP contribution is 2.37. The van der Waals surface area contributed by atoms with Crippen molar-refractivity contribution in [1.29, 1.82) is 0 Å². The quantitative estimate of drug-likeness (QED) is 0.827. The van der Waals surface area contributed by atoms with Gasteiger partial charge in [-0.05, 0) is 23.3 Å². The van der Waals surface area contributed by atoms with E-state index in [2.05, 4.69) is 17.1 Å². The van der Waals surface area contributed by atoms with E-state index in [0.717, 1.165) is 11.1 Å². The predicted octanol–water partition coefficient (Wildman–Crippen LogP) is 2.95. The van der Waals surface area contributed by atoms with E-state index in [9.17, 15) is 13.2 Å². The maximum Gasteiger partial charge on any atom is 0.420 e. The molecule has 0 saturated heterocycles. The number of ether oxygens (including phenoxy) is 2. The molecule has 134 valence electrons. The number of rotatable bonds is 5. The first-order chi connectivity index (χ1) is 11.9. The van der Waals surface area contributed by atoms with Crippen molar-refractivity contribution in [2.45, 2.75) is 19.3 Å². The van der Waals surface area contributed by atoms with Gasteiger partial charge in [-0.1, -0.05) is 12.6 Å². The number of benzene rings is 1. The second-order valence-electron chi connectivity index (χ2n) is 5.73. The zero-order valence-corrected chi connectivity index (χ0v) is 13.7. The molecule has 2 aliphatic rings. The smallest absolute Gasteiger partial charge is 0.420 e. The van der Waals surface area contributed by atoms with E-state index in [0.29, 0.717) is 32.1 Å². The molecule has 0 aliphatic carbocycles. The van der Waals surface area contributed by atoms with Gasteiger partial charge in [0.15, 0.2) is 0 Å². The summed E-state index contributed by atoms with van der Waals surface area (Å²) in [6.45, 7) is 5.04. The van der Waals surface area contributed by atoms with E-state index in [-0.39, 0.29) is 11.4 Å². The predicted molar refractivity (Wildman–Crippen MR) is 86.9 cm³/mol. The Balaban J connectivity index is 1.83. The second kappa shape index (κ2) is 6.79. The van der Waals surface area contributed by atoms with E-state index in [1.807, 2.05) is 18.2 Å². The van der Waals surface area contributed by atoms with Gasteiger partial charge in [-0.3, -0.25) is 5.43 Å². The molecule has 0 fully saturated rings. The van der Waals surface area contributed by atoms with E-state index in [4.69, 9.17) is 9.47 Å². The van der Waals surface area contributed by atoms with Crippen LogP contribution >= 0.6 is 0 Å². The minimum absolute atomic E-state index is 0.0225. The van der Waals surface area contributed by atoms with Crippen LogP contribution in [0.1, 0.15) is 11.1 Å². The highest BCUT2D eigenvalue weighted by molar-refractivity contribution is 5.82. The summed E-state index contributed by atoms with van der Waals surface area (Å²) in [5, 5.41) is 3.77. The molecule has 0 radical (unpaired) electrons. The lowest BCUT2D eigenvalue weighted by Crippen LogP contribution is -2.31. The molecule has 0 aromatic heterocycles. The number of hydrazone groups is 1. The fraction of sp³-hybridized carbons (Fsp3) is 0.353. The van der Waals surface area contributed by atoms with Gasteiger partial charge in [-0.2, -0.15) is 18.3 Å². The van der Waals surface area contributed by atoms with Crippen molar-refractivity contribution in [3.63, 3.8) is 0 Å². The minimum atomic E-state index is -4.50. The van der Waals surface area contributed by atoms with Gasteiger partial charge in [0, 0.05) is 20.2 Å². The van der Waals surface area contributed by atoms with Crippen molar-refractivity contribution in [2.75, 3.05) is 20.3 Å². The average molecular weight is 353 g/mol. The molecule has 5 nitrogen and oxygen atoms in total. The third-order valence-electron chi connectivity index (χ3n) is 4.02. The van der Waals surface area contributed by atoms with Gasteiger partial charge in [0.2, 0.25) is 0 Å². The Labute approximate surface area is 143 Å². The van der Waals surface area contributed by atoms with E-state index in [1.165, 1.54) is 6.21 Å². The fourth-order valence-electron chi connectivity index (χ4n) is 2.88. The van der Waals surface area contributed by atoms with Crippen LogP contribution in [0.25, 0.3) is 0 Å². The van der Waals surface area contributed by atoms with Crippen LogP contribution in [-0.2, 0) is 17.8 Å². The molecule has 2 heterocycles. The Morgan fingerprint density at radius 2 is 2.00 bits per heavy atom. The van der Waals surface area contributed by atoms with Crippen molar-refractivity contribution in [2.24, 2.45) is 5.10 Å². The molecule has 1 N–H and O–H groups in total. The summed E-state index contributed by atoms with van der Waals surface area (Å²) < 4.78 is 50.6. The molecule has 1 aromatic carbocycles. The molecular weight excluding hydrogens is 335 g/mol. The van der Waals surface area contributed by atoms with Gasteiger partial charge >= 0.3 is 6.18 Å². The molecule has 2 aliphatic heterocycles. The first-order valence-electron chi connectivity index (χ1n) is 7.68. The topological polar surface area (TPSA) is 46.1 Å². The zero-order chi connectivity index (χ0) is 18.0. The van der Waals surface area contributed by atoms with Crippen LogP contribution in [0.2, 0.25) is 0 Å². The van der Waals surface area contributed by atoms with Crippen molar-refractivity contribution < 1.29 is 22.6 Å². The summed E-state index contributed by atoms with van der Waals surface area (Å²) in [5.74, 6) is 0.672. The second-order valence-corrected chi connectivity index (χ2v) is 5.73. The van der Waals surface area contributed by atoms with Crippen LogP contribution in [0, 0.1) is 0 Å². The summed E-state index contributed by atoms with van der Waals surface area (Å²) in [7, 11) is 1.59. The summed E-state index contributed by atoms with van der Waals surface area (Å²) in [6.07, 6.45) is -3.31.